The Balaban J connectivity index is 3.53. The molecule has 0 aliphatic carbocycles. The smallest absolute Gasteiger partial charge is 0.259 e. The van der Waals surface area contributed by atoms with E-state index < -0.39 is 12.7 Å². The molecule has 90 valence electrons. The first-order valence-electron chi connectivity index (χ1n) is 3.93. The second-order valence-corrected chi connectivity index (χ2v) is 8.57. The van der Waals surface area contributed by atoms with E-state index in [2.05, 4.69) is 0 Å². The van der Waals surface area contributed by atoms with Gasteiger partial charge < -0.3 is 0 Å². The second-order valence-electron chi connectivity index (χ2n) is 2.71. The minimum absolute atomic E-state index is 0.445. The molecule has 0 unspecified atom stereocenters. The Morgan fingerprint density at radius 2 is 1.53 bits per heavy atom. The minimum Gasteiger partial charge on any atom is -0.282 e. The van der Waals surface area contributed by atoms with E-state index in [9.17, 15) is 4.79 Å². The summed E-state index contributed by atoms with van der Waals surface area (Å²) in [4.78, 5) is 11.1. The Labute approximate surface area is 123 Å². The fourth-order valence-electron chi connectivity index (χ4n) is 0.674. The molecule has 0 bridgehead atoms. The Hall–Kier alpha value is 1.76. The van der Waals surface area contributed by atoms with Crippen molar-refractivity contribution in [3.05, 3.63) is 0 Å². The monoisotopic (exact) mass is 350 g/mol. The van der Waals surface area contributed by atoms with Crippen molar-refractivity contribution in [1.82, 2.24) is 0 Å². The van der Waals surface area contributed by atoms with E-state index in [4.69, 9.17) is 69.6 Å². The molecule has 0 radical (unpaired) electrons. The van der Waals surface area contributed by atoms with Gasteiger partial charge in [0.05, 0.1) is 0 Å². The van der Waals surface area contributed by atoms with Gasteiger partial charge in [-0.15, -0.1) is 0 Å². The summed E-state index contributed by atoms with van der Waals surface area (Å²) in [6.07, 6.45) is 1.88. The van der Waals surface area contributed by atoms with Crippen molar-refractivity contribution < 1.29 is 4.79 Å². The number of thioether (sulfide) groups is 1. The summed E-state index contributed by atoms with van der Waals surface area (Å²) >= 11 is 33.7. The summed E-state index contributed by atoms with van der Waals surface area (Å²) in [5.74, 6) is 0.549. The van der Waals surface area contributed by atoms with Crippen LogP contribution in [0.15, 0.2) is 0 Å². The summed E-state index contributed by atoms with van der Waals surface area (Å²) in [5.41, 5.74) is 0. The summed E-state index contributed by atoms with van der Waals surface area (Å²) in [6, 6.07) is 0. The fraction of sp³-hybridized carbons (Fsp3) is 0.857. The first kappa shape index (κ1) is 16.8. The second kappa shape index (κ2) is 7.25. The van der Waals surface area contributed by atoms with E-state index >= 15 is 0 Å². The van der Waals surface area contributed by atoms with Crippen LogP contribution in [0.1, 0.15) is 19.3 Å². The highest BCUT2D eigenvalue weighted by Gasteiger charge is 2.30. The molecule has 0 spiro atoms. The normalized spacial score (nSPS) is 12.9. The molecule has 0 saturated heterocycles. The third-order valence-corrected chi connectivity index (χ3v) is 3.80. The zero-order chi connectivity index (χ0) is 12.1. The van der Waals surface area contributed by atoms with Crippen molar-refractivity contribution in [3.8, 4) is 0 Å². The summed E-state index contributed by atoms with van der Waals surface area (Å²) in [5, 5.41) is -0.485. The van der Waals surface area contributed by atoms with E-state index in [-0.39, 0.29) is 0 Å². The number of halogens is 6. The van der Waals surface area contributed by atoms with Crippen LogP contribution in [0.25, 0.3) is 0 Å². The summed E-state index contributed by atoms with van der Waals surface area (Å²) in [7, 11) is 0. The Morgan fingerprint density at radius 3 is 1.93 bits per heavy atom. The van der Waals surface area contributed by atoms with Crippen LogP contribution in [-0.2, 0) is 4.79 Å². The zero-order valence-electron chi connectivity index (χ0n) is 7.41. The first-order chi connectivity index (χ1) is 6.63. The van der Waals surface area contributed by atoms with Gasteiger partial charge in [-0.05, 0) is 19.3 Å². The highest BCUT2D eigenvalue weighted by molar-refractivity contribution is 8.14. The van der Waals surface area contributed by atoms with Gasteiger partial charge in [0.1, 0.15) is 0 Å². The predicted octanol–water partition coefficient (Wildman–Crippen LogP) is 5.16. The van der Waals surface area contributed by atoms with Crippen LogP contribution in [-0.4, -0.2) is 18.5 Å². The number of unbranched alkanes of at least 4 members (excludes halogenated alkanes) is 1. The van der Waals surface area contributed by atoms with Crippen LogP contribution in [0.2, 0.25) is 0 Å². The highest BCUT2D eigenvalue weighted by Crippen LogP contribution is 2.34. The number of alkyl halides is 6. The molecule has 0 fully saturated rings. The van der Waals surface area contributed by atoms with Gasteiger partial charge in [-0.3, -0.25) is 4.79 Å². The molecule has 0 saturated carbocycles. The third kappa shape index (κ3) is 10.6. The van der Waals surface area contributed by atoms with Gasteiger partial charge in [-0.25, -0.2) is 0 Å². The van der Waals surface area contributed by atoms with Gasteiger partial charge in [0.15, 0.2) is 3.79 Å². The highest BCUT2D eigenvalue weighted by atomic mass is 35.6. The quantitative estimate of drug-likeness (QED) is 0.513. The average Bonchev–Trinajstić information content (AvgIpc) is 1.99. The Bertz CT molecular complexity index is 209. The molecule has 15 heavy (non-hydrogen) atoms. The van der Waals surface area contributed by atoms with Crippen LogP contribution < -0.4 is 0 Å². The molecular weight excluding hydrogens is 345 g/mol. The first-order valence-corrected chi connectivity index (χ1v) is 7.19. The maximum Gasteiger partial charge on any atom is 0.259 e. The summed E-state index contributed by atoms with van der Waals surface area (Å²) in [6.45, 7) is 0. The lowest BCUT2D eigenvalue weighted by Crippen LogP contribution is -2.15. The number of hydrogen-bond donors (Lipinski definition) is 0. The molecule has 0 aromatic rings. The standard InChI is InChI=1S/C7H8Cl6OS/c8-6(9,10)3-1-2-4-15-5(14)7(11,12)13/h1-4H2. The van der Waals surface area contributed by atoms with Crippen LogP contribution in [0.5, 0.6) is 0 Å². The van der Waals surface area contributed by atoms with Gasteiger partial charge in [-0.1, -0.05) is 81.4 Å². The van der Waals surface area contributed by atoms with E-state index in [1.807, 2.05) is 0 Å². The molecule has 0 heterocycles. The van der Waals surface area contributed by atoms with Gasteiger partial charge in [0.2, 0.25) is 5.12 Å². The van der Waals surface area contributed by atoms with Crippen LogP contribution >= 0.6 is 81.4 Å². The molecule has 0 amide bonds. The summed E-state index contributed by atoms with van der Waals surface area (Å²) < 4.78 is -3.08. The van der Waals surface area contributed by atoms with Crippen molar-refractivity contribution in [2.45, 2.75) is 26.8 Å². The van der Waals surface area contributed by atoms with Crippen LogP contribution in [0, 0.1) is 0 Å². The number of rotatable bonds is 4. The zero-order valence-corrected chi connectivity index (χ0v) is 12.8. The van der Waals surface area contributed by atoms with Crippen molar-refractivity contribution >= 4 is 86.5 Å². The van der Waals surface area contributed by atoms with Crippen molar-refractivity contribution in [2.24, 2.45) is 0 Å². The van der Waals surface area contributed by atoms with Gasteiger partial charge >= 0.3 is 0 Å². The van der Waals surface area contributed by atoms with Crippen LogP contribution in [0.4, 0.5) is 0 Å². The number of hydrogen-bond acceptors (Lipinski definition) is 2. The number of carbonyl (C=O) groups excluding carboxylic acids is 1. The lowest BCUT2D eigenvalue weighted by atomic mass is 10.3. The van der Waals surface area contributed by atoms with Gasteiger partial charge in [0, 0.05) is 5.75 Å². The third-order valence-electron chi connectivity index (χ3n) is 1.32. The molecule has 0 aromatic heterocycles. The molecular formula is C7H8Cl6OS. The van der Waals surface area contributed by atoms with Crippen molar-refractivity contribution in [1.29, 1.82) is 0 Å². The van der Waals surface area contributed by atoms with E-state index in [0.29, 0.717) is 18.6 Å². The molecule has 0 N–H and O–H groups in total. The molecule has 0 aliphatic rings. The van der Waals surface area contributed by atoms with Crippen molar-refractivity contribution in [2.75, 3.05) is 5.75 Å². The van der Waals surface area contributed by atoms with E-state index in [1.54, 1.807) is 0 Å². The maximum absolute atomic E-state index is 11.1. The van der Waals surface area contributed by atoms with E-state index in [0.717, 1.165) is 18.2 Å². The van der Waals surface area contributed by atoms with E-state index in [1.165, 1.54) is 0 Å². The predicted molar refractivity (Wildman–Crippen MR) is 71.9 cm³/mol. The number of carbonyl (C=O) groups is 1. The SMILES string of the molecule is O=C(SCCCCC(Cl)(Cl)Cl)C(Cl)(Cl)Cl. The molecule has 8 heteroatoms. The van der Waals surface area contributed by atoms with Gasteiger partial charge in [0.25, 0.3) is 3.79 Å². The molecule has 0 rings (SSSR count). The van der Waals surface area contributed by atoms with Gasteiger partial charge in [-0.2, -0.15) is 0 Å². The lowest BCUT2D eigenvalue weighted by molar-refractivity contribution is -0.110. The minimum atomic E-state index is -1.85. The Kier molecular flexibility index (Phi) is 8.10. The van der Waals surface area contributed by atoms with Crippen molar-refractivity contribution in [3.63, 3.8) is 0 Å². The van der Waals surface area contributed by atoms with Crippen LogP contribution in [0.3, 0.4) is 0 Å². The molecule has 0 atom stereocenters. The fourth-order valence-corrected chi connectivity index (χ4v) is 2.26. The molecule has 0 aromatic carbocycles. The maximum atomic E-state index is 11.1. The Morgan fingerprint density at radius 1 is 1.00 bits per heavy atom. The lowest BCUT2D eigenvalue weighted by Gasteiger charge is -2.10. The molecule has 1 nitrogen and oxygen atoms in total. The average molecular weight is 353 g/mol. The molecule has 0 aliphatic heterocycles. The topological polar surface area (TPSA) is 17.1 Å². The largest absolute Gasteiger partial charge is 0.282 e.